The molecule has 0 unspecified atom stereocenters. The van der Waals surface area contributed by atoms with Gasteiger partial charge in [-0.2, -0.15) is 5.10 Å². The Kier molecular flexibility index (Phi) is 6.05. The zero-order valence-corrected chi connectivity index (χ0v) is 18.0. The molecule has 0 saturated carbocycles. The minimum absolute atomic E-state index is 0.182. The fourth-order valence-corrected chi connectivity index (χ4v) is 3.44. The van der Waals surface area contributed by atoms with Gasteiger partial charge < -0.3 is 9.47 Å². The van der Waals surface area contributed by atoms with E-state index in [2.05, 4.69) is 0 Å². The lowest BCUT2D eigenvalue weighted by Crippen LogP contribution is -2.23. The predicted octanol–water partition coefficient (Wildman–Crippen LogP) is 5.30. The van der Waals surface area contributed by atoms with Gasteiger partial charge in [-0.3, -0.25) is 4.79 Å². The molecule has 4 aromatic rings. The molecule has 1 aromatic heterocycles. The highest BCUT2D eigenvalue weighted by Gasteiger charge is 2.14. The lowest BCUT2D eigenvalue weighted by molar-refractivity contribution is 0.414. The van der Waals surface area contributed by atoms with Crippen molar-refractivity contribution in [1.29, 1.82) is 0 Å². The van der Waals surface area contributed by atoms with E-state index < -0.39 is 0 Å². The molecule has 0 saturated heterocycles. The minimum atomic E-state index is -0.182. The van der Waals surface area contributed by atoms with Crippen molar-refractivity contribution in [2.75, 3.05) is 14.2 Å². The number of aromatic nitrogens is 2. The monoisotopic (exact) mass is 432 g/mol. The summed E-state index contributed by atoms with van der Waals surface area (Å²) in [5, 5.41) is 5.38. The van der Waals surface area contributed by atoms with Crippen molar-refractivity contribution in [3.05, 3.63) is 99.8 Å². The van der Waals surface area contributed by atoms with Crippen LogP contribution < -0.4 is 15.0 Å². The van der Waals surface area contributed by atoms with E-state index in [1.165, 1.54) is 4.68 Å². The van der Waals surface area contributed by atoms with E-state index in [1.807, 2.05) is 60.7 Å². The zero-order chi connectivity index (χ0) is 21.8. The second-order valence-electron chi connectivity index (χ2n) is 6.99. The summed E-state index contributed by atoms with van der Waals surface area (Å²) in [5.74, 6) is 1.50. The van der Waals surface area contributed by atoms with Crippen molar-refractivity contribution >= 4 is 11.6 Å². The van der Waals surface area contributed by atoms with Gasteiger partial charge in [0, 0.05) is 22.2 Å². The summed E-state index contributed by atoms with van der Waals surface area (Å²) in [7, 11) is 3.25. The molecule has 0 bridgehead atoms. The van der Waals surface area contributed by atoms with E-state index in [0.29, 0.717) is 17.3 Å². The largest absolute Gasteiger partial charge is 0.497 e. The molecule has 0 aliphatic rings. The Morgan fingerprint density at radius 1 is 0.806 bits per heavy atom. The molecule has 0 spiro atoms. The molecule has 0 aliphatic carbocycles. The molecule has 5 nitrogen and oxygen atoms in total. The van der Waals surface area contributed by atoms with Crippen LogP contribution in [0.15, 0.2) is 83.7 Å². The molecule has 156 valence electrons. The normalized spacial score (nSPS) is 10.7. The lowest BCUT2D eigenvalue weighted by Gasteiger charge is -2.14. The van der Waals surface area contributed by atoms with E-state index >= 15 is 0 Å². The van der Waals surface area contributed by atoms with Crippen LogP contribution in [0.1, 0.15) is 5.56 Å². The van der Waals surface area contributed by atoms with Gasteiger partial charge in [0.15, 0.2) is 0 Å². The molecule has 4 rings (SSSR count). The Balaban J connectivity index is 1.83. The van der Waals surface area contributed by atoms with Crippen molar-refractivity contribution in [2.45, 2.75) is 6.54 Å². The summed E-state index contributed by atoms with van der Waals surface area (Å²) in [5.41, 5.74) is 3.99. The van der Waals surface area contributed by atoms with Crippen molar-refractivity contribution in [2.24, 2.45) is 0 Å². The van der Waals surface area contributed by atoms with Gasteiger partial charge in [-0.15, -0.1) is 0 Å². The topological polar surface area (TPSA) is 53.4 Å². The van der Waals surface area contributed by atoms with Crippen LogP contribution >= 0.6 is 11.6 Å². The molecular formula is C25H21ClN2O3. The Hall–Kier alpha value is -3.57. The molecule has 0 N–H and O–H groups in total. The summed E-state index contributed by atoms with van der Waals surface area (Å²) in [6.45, 7) is 0.349. The highest BCUT2D eigenvalue weighted by molar-refractivity contribution is 6.30. The summed E-state index contributed by atoms with van der Waals surface area (Å²) < 4.78 is 12.0. The number of nitrogens with zero attached hydrogens (tertiary/aromatic N) is 2. The first-order chi connectivity index (χ1) is 15.1. The Labute approximate surface area is 185 Å². The van der Waals surface area contributed by atoms with E-state index in [0.717, 1.165) is 33.8 Å². The Morgan fingerprint density at radius 2 is 1.35 bits per heavy atom. The lowest BCUT2D eigenvalue weighted by atomic mass is 10.00. The third-order valence-electron chi connectivity index (χ3n) is 5.01. The van der Waals surface area contributed by atoms with Crippen LogP contribution in [-0.2, 0) is 6.54 Å². The quantitative estimate of drug-likeness (QED) is 0.415. The van der Waals surface area contributed by atoms with Crippen molar-refractivity contribution in [1.82, 2.24) is 9.78 Å². The summed E-state index contributed by atoms with van der Waals surface area (Å²) in [6, 6.07) is 24.2. The second kappa shape index (κ2) is 9.06. The minimum Gasteiger partial charge on any atom is -0.497 e. The Bertz CT molecular complexity index is 1230. The van der Waals surface area contributed by atoms with Crippen molar-refractivity contribution in [3.63, 3.8) is 0 Å². The van der Waals surface area contributed by atoms with Crippen LogP contribution in [0.4, 0.5) is 0 Å². The molecule has 0 radical (unpaired) electrons. The number of hydrogen-bond donors (Lipinski definition) is 0. The number of methoxy groups -OCH3 is 2. The maximum Gasteiger partial charge on any atom is 0.267 e. The molecule has 3 aromatic carbocycles. The first-order valence-electron chi connectivity index (χ1n) is 9.73. The summed E-state index contributed by atoms with van der Waals surface area (Å²) >= 11 is 5.98. The number of benzene rings is 3. The number of ether oxygens (including phenoxy) is 2. The van der Waals surface area contributed by atoms with E-state index in [4.69, 9.17) is 26.2 Å². The van der Waals surface area contributed by atoms with E-state index in [9.17, 15) is 4.79 Å². The van der Waals surface area contributed by atoms with Crippen LogP contribution in [0, 0.1) is 0 Å². The maximum atomic E-state index is 12.9. The number of halogens is 1. The van der Waals surface area contributed by atoms with Crippen LogP contribution in [0.25, 0.3) is 22.4 Å². The van der Waals surface area contributed by atoms with E-state index in [1.54, 1.807) is 32.4 Å². The van der Waals surface area contributed by atoms with Crippen LogP contribution in [0.5, 0.6) is 11.5 Å². The van der Waals surface area contributed by atoms with E-state index in [-0.39, 0.29) is 5.56 Å². The first kappa shape index (κ1) is 20.7. The smallest absolute Gasteiger partial charge is 0.267 e. The van der Waals surface area contributed by atoms with Crippen LogP contribution in [-0.4, -0.2) is 24.0 Å². The van der Waals surface area contributed by atoms with Crippen molar-refractivity contribution in [3.8, 4) is 33.9 Å². The van der Waals surface area contributed by atoms with Gasteiger partial charge in [0.2, 0.25) is 0 Å². The molecule has 31 heavy (non-hydrogen) atoms. The molecule has 0 aliphatic heterocycles. The highest BCUT2D eigenvalue weighted by atomic mass is 35.5. The van der Waals surface area contributed by atoms with Gasteiger partial charge in [-0.1, -0.05) is 35.9 Å². The number of hydrogen-bond acceptors (Lipinski definition) is 4. The van der Waals surface area contributed by atoms with Gasteiger partial charge in [0.25, 0.3) is 5.56 Å². The van der Waals surface area contributed by atoms with Gasteiger partial charge >= 0.3 is 0 Å². The van der Waals surface area contributed by atoms with Gasteiger partial charge in [0.1, 0.15) is 11.5 Å². The molecule has 6 heteroatoms. The third-order valence-corrected chi connectivity index (χ3v) is 5.26. The number of rotatable bonds is 6. The average molecular weight is 433 g/mol. The third kappa shape index (κ3) is 4.62. The molecule has 0 fully saturated rings. The standard InChI is InChI=1S/C25H21ClN2O3/c1-30-21-11-5-18(6-12-21)23-15-24(29)28(16-17-3-9-20(26)10-4-17)27-25(23)19-7-13-22(31-2)14-8-19/h3-15H,16H2,1-2H3. The highest BCUT2D eigenvalue weighted by Crippen LogP contribution is 2.31. The zero-order valence-electron chi connectivity index (χ0n) is 17.2. The van der Waals surface area contributed by atoms with Crippen LogP contribution in [0.3, 0.4) is 0 Å². The summed E-state index contributed by atoms with van der Waals surface area (Å²) in [4.78, 5) is 12.9. The Morgan fingerprint density at radius 3 is 1.90 bits per heavy atom. The average Bonchev–Trinajstić information content (AvgIpc) is 2.81. The fourth-order valence-electron chi connectivity index (χ4n) is 3.32. The van der Waals surface area contributed by atoms with Gasteiger partial charge in [-0.05, 0) is 59.7 Å². The summed E-state index contributed by atoms with van der Waals surface area (Å²) in [6.07, 6.45) is 0. The molecule has 0 amide bonds. The molecular weight excluding hydrogens is 412 g/mol. The SMILES string of the molecule is COc1ccc(-c2cc(=O)n(Cc3ccc(Cl)cc3)nc2-c2ccc(OC)cc2)cc1. The fraction of sp³-hybridized carbons (Fsp3) is 0.120. The van der Waals surface area contributed by atoms with Gasteiger partial charge in [-0.25, -0.2) is 4.68 Å². The molecule has 0 atom stereocenters. The predicted molar refractivity (Wildman–Crippen MR) is 123 cm³/mol. The van der Waals surface area contributed by atoms with Gasteiger partial charge in [0.05, 0.1) is 26.5 Å². The second-order valence-corrected chi connectivity index (χ2v) is 7.42. The first-order valence-corrected chi connectivity index (χ1v) is 10.1. The van der Waals surface area contributed by atoms with Crippen LogP contribution in [0.2, 0.25) is 5.02 Å². The maximum absolute atomic E-state index is 12.9. The molecule has 1 heterocycles. The van der Waals surface area contributed by atoms with Crippen molar-refractivity contribution < 1.29 is 9.47 Å².